The van der Waals surface area contributed by atoms with Crippen LogP contribution in [0.3, 0.4) is 0 Å². The third-order valence-electron chi connectivity index (χ3n) is 4.96. The first-order chi connectivity index (χ1) is 13.7. The van der Waals surface area contributed by atoms with Gasteiger partial charge in [0, 0.05) is 35.5 Å². The van der Waals surface area contributed by atoms with Gasteiger partial charge in [0.2, 0.25) is 0 Å². The maximum Gasteiger partial charge on any atom is 0.162 e. The molecule has 5 nitrogen and oxygen atoms in total. The average Bonchev–Trinajstić information content (AvgIpc) is 3.47. The molecule has 3 aromatic heterocycles. The number of hydrogen-bond donors (Lipinski definition) is 1. The predicted octanol–water partition coefficient (Wildman–Crippen LogP) is 5.07. The van der Waals surface area contributed by atoms with Crippen LogP contribution < -0.4 is 5.32 Å². The summed E-state index contributed by atoms with van der Waals surface area (Å²) < 4.78 is 16.4. The van der Waals surface area contributed by atoms with Crippen molar-refractivity contribution in [2.75, 3.05) is 5.32 Å². The Kier molecular flexibility index (Phi) is 4.20. The summed E-state index contributed by atoms with van der Waals surface area (Å²) in [4.78, 5) is 8.68. The molecule has 4 aromatic rings. The van der Waals surface area contributed by atoms with Gasteiger partial charge in [-0.1, -0.05) is 29.8 Å². The van der Waals surface area contributed by atoms with Crippen molar-refractivity contribution >= 4 is 23.1 Å². The zero-order valence-corrected chi connectivity index (χ0v) is 15.7. The first kappa shape index (κ1) is 17.1. The Morgan fingerprint density at radius 3 is 2.82 bits per heavy atom. The molecule has 140 valence electrons. The molecule has 0 saturated heterocycles. The quantitative estimate of drug-likeness (QED) is 0.481. The molecular weight excluding hydrogens is 377 g/mol. The summed E-state index contributed by atoms with van der Waals surface area (Å²) in [5.41, 5.74) is 3.93. The summed E-state index contributed by atoms with van der Waals surface area (Å²) in [6.07, 6.45) is 5.86. The SMILES string of the molecule is Fc1cc(-c2ccccn2)ccc1CNc1cc(Cl)nc2c(C3CC3)cnn12. The Morgan fingerprint density at radius 1 is 1.18 bits per heavy atom. The average molecular weight is 394 g/mol. The van der Waals surface area contributed by atoms with Gasteiger partial charge < -0.3 is 5.32 Å². The van der Waals surface area contributed by atoms with Crippen LogP contribution in [0.25, 0.3) is 16.9 Å². The van der Waals surface area contributed by atoms with Gasteiger partial charge in [0.15, 0.2) is 5.65 Å². The lowest BCUT2D eigenvalue weighted by Gasteiger charge is -2.11. The van der Waals surface area contributed by atoms with E-state index in [9.17, 15) is 4.39 Å². The Balaban J connectivity index is 1.41. The van der Waals surface area contributed by atoms with E-state index in [0.717, 1.165) is 35.3 Å². The number of benzene rings is 1. The number of fused-ring (bicyclic) bond motifs is 1. The van der Waals surface area contributed by atoms with Crippen LogP contribution in [0.1, 0.15) is 29.9 Å². The molecule has 1 fully saturated rings. The van der Waals surface area contributed by atoms with Crippen LogP contribution in [0.2, 0.25) is 5.15 Å². The second-order valence-electron chi connectivity index (χ2n) is 6.95. The molecule has 0 unspecified atom stereocenters. The molecule has 3 heterocycles. The molecule has 1 N–H and O–H groups in total. The molecule has 1 aliphatic carbocycles. The molecule has 0 spiro atoms. The summed E-state index contributed by atoms with van der Waals surface area (Å²) in [6, 6.07) is 12.4. The van der Waals surface area contributed by atoms with Gasteiger partial charge in [-0.25, -0.2) is 9.37 Å². The van der Waals surface area contributed by atoms with E-state index in [0.29, 0.717) is 29.0 Å². The highest BCUT2D eigenvalue weighted by Crippen LogP contribution is 2.42. The topological polar surface area (TPSA) is 55.1 Å². The standard InChI is InChI=1S/C21H17ClFN5/c22-19-10-20(28-21(27-19)16(12-26-28)13-4-5-13)25-11-15-7-6-14(9-17(15)23)18-3-1-2-8-24-18/h1-3,6-10,12-13,25H,4-5,11H2. The van der Waals surface area contributed by atoms with Crippen molar-refractivity contribution in [1.82, 2.24) is 19.6 Å². The number of anilines is 1. The second kappa shape index (κ2) is 6.87. The van der Waals surface area contributed by atoms with E-state index >= 15 is 0 Å². The van der Waals surface area contributed by atoms with Crippen molar-refractivity contribution in [2.45, 2.75) is 25.3 Å². The molecule has 0 bridgehead atoms. The molecule has 1 aliphatic rings. The van der Waals surface area contributed by atoms with E-state index in [-0.39, 0.29) is 5.82 Å². The van der Waals surface area contributed by atoms with Gasteiger partial charge in [-0.15, -0.1) is 0 Å². The van der Waals surface area contributed by atoms with Gasteiger partial charge in [-0.3, -0.25) is 4.98 Å². The third-order valence-corrected chi connectivity index (χ3v) is 5.15. The van der Waals surface area contributed by atoms with Crippen molar-refractivity contribution in [2.24, 2.45) is 0 Å². The summed E-state index contributed by atoms with van der Waals surface area (Å²) in [7, 11) is 0. The molecule has 7 heteroatoms. The number of pyridine rings is 1. The fourth-order valence-electron chi connectivity index (χ4n) is 3.33. The van der Waals surface area contributed by atoms with Crippen LogP contribution in [0.4, 0.5) is 10.2 Å². The summed E-state index contributed by atoms with van der Waals surface area (Å²) in [5.74, 6) is 0.925. The van der Waals surface area contributed by atoms with Crippen LogP contribution >= 0.6 is 11.6 Å². The smallest absolute Gasteiger partial charge is 0.162 e. The van der Waals surface area contributed by atoms with Crippen molar-refractivity contribution in [3.05, 3.63) is 77.0 Å². The number of aromatic nitrogens is 4. The maximum atomic E-state index is 14.6. The minimum absolute atomic E-state index is 0.286. The van der Waals surface area contributed by atoms with Gasteiger partial charge in [-0.05, 0) is 37.0 Å². The van der Waals surface area contributed by atoms with Crippen molar-refractivity contribution in [3.8, 4) is 11.3 Å². The highest BCUT2D eigenvalue weighted by molar-refractivity contribution is 6.29. The Bertz CT molecular complexity index is 1150. The number of nitrogens with one attached hydrogen (secondary N) is 1. The normalized spacial score (nSPS) is 13.8. The van der Waals surface area contributed by atoms with E-state index in [1.165, 1.54) is 6.07 Å². The van der Waals surface area contributed by atoms with Crippen molar-refractivity contribution in [1.29, 1.82) is 0 Å². The summed E-state index contributed by atoms with van der Waals surface area (Å²) in [6.45, 7) is 0.308. The van der Waals surface area contributed by atoms with Gasteiger partial charge in [0.1, 0.15) is 16.8 Å². The monoisotopic (exact) mass is 393 g/mol. The largest absolute Gasteiger partial charge is 0.366 e. The highest BCUT2D eigenvalue weighted by atomic mass is 35.5. The molecular formula is C21H17ClFN5. The molecule has 28 heavy (non-hydrogen) atoms. The van der Waals surface area contributed by atoms with Crippen LogP contribution in [-0.2, 0) is 6.54 Å². The van der Waals surface area contributed by atoms with Gasteiger partial charge in [0.25, 0.3) is 0 Å². The van der Waals surface area contributed by atoms with Crippen molar-refractivity contribution in [3.63, 3.8) is 0 Å². The number of hydrogen-bond acceptors (Lipinski definition) is 4. The number of nitrogens with zero attached hydrogens (tertiary/aromatic N) is 4. The Hall–Kier alpha value is -2.99. The molecule has 5 rings (SSSR count). The maximum absolute atomic E-state index is 14.6. The first-order valence-corrected chi connectivity index (χ1v) is 9.55. The zero-order valence-electron chi connectivity index (χ0n) is 14.9. The third kappa shape index (κ3) is 3.20. The molecule has 0 aliphatic heterocycles. The summed E-state index contributed by atoms with van der Waals surface area (Å²) >= 11 is 6.21. The van der Waals surface area contributed by atoms with Crippen LogP contribution in [0, 0.1) is 5.82 Å². The minimum Gasteiger partial charge on any atom is -0.366 e. The van der Waals surface area contributed by atoms with E-state index in [2.05, 4.69) is 20.4 Å². The number of halogens is 2. The first-order valence-electron chi connectivity index (χ1n) is 9.17. The van der Waals surface area contributed by atoms with Gasteiger partial charge in [-0.2, -0.15) is 9.61 Å². The Morgan fingerprint density at radius 2 is 2.07 bits per heavy atom. The Labute approximate surface area is 166 Å². The number of rotatable bonds is 5. The molecule has 1 aromatic carbocycles. The molecule has 1 saturated carbocycles. The van der Waals surface area contributed by atoms with E-state index in [1.54, 1.807) is 22.8 Å². The van der Waals surface area contributed by atoms with Crippen LogP contribution in [-0.4, -0.2) is 19.6 Å². The van der Waals surface area contributed by atoms with Crippen LogP contribution in [0.5, 0.6) is 0 Å². The highest BCUT2D eigenvalue weighted by Gasteiger charge is 2.28. The van der Waals surface area contributed by atoms with Gasteiger partial charge in [0.05, 0.1) is 11.9 Å². The van der Waals surface area contributed by atoms with Gasteiger partial charge >= 0.3 is 0 Å². The van der Waals surface area contributed by atoms with Crippen LogP contribution in [0.15, 0.2) is 54.9 Å². The lowest BCUT2D eigenvalue weighted by atomic mass is 10.1. The predicted molar refractivity (Wildman–Crippen MR) is 107 cm³/mol. The fourth-order valence-corrected chi connectivity index (χ4v) is 3.51. The van der Waals surface area contributed by atoms with E-state index in [4.69, 9.17) is 11.6 Å². The molecule has 0 amide bonds. The van der Waals surface area contributed by atoms with E-state index < -0.39 is 0 Å². The second-order valence-corrected chi connectivity index (χ2v) is 7.34. The van der Waals surface area contributed by atoms with Crippen molar-refractivity contribution < 1.29 is 4.39 Å². The molecule has 0 radical (unpaired) electrons. The lowest BCUT2D eigenvalue weighted by Crippen LogP contribution is -2.07. The fraction of sp³-hybridized carbons (Fsp3) is 0.190. The van der Waals surface area contributed by atoms with E-state index in [1.807, 2.05) is 30.5 Å². The summed E-state index contributed by atoms with van der Waals surface area (Å²) in [5, 5.41) is 8.07. The minimum atomic E-state index is -0.286. The zero-order chi connectivity index (χ0) is 19.1. The molecule has 0 atom stereocenters. The lowest BCUT2D eigenvalue weighted by molar-refractivity contribution is 0.613.